The van der Waals surface area contributed by atoms with Gasteiger partial charge in [-0.05, 0) is 20.4 Å². The van der Waals surface area contributed by atoms with E-state index in [1.165, 1.54) is 0 Å². The smallest absolute Gasteiger partial charge is 0.169 e. The zero-order chi connectivity index (χ0) is 8.53. The third-order valence-electron chi connectivity index (χ3n) is 1.23. The van der Waals surface area contributed by atoms with Gasteiger partial charge in [0.2, 0.25) is 0 Å². The molecular weight excluding hydrogens is 142 g/mol. The molecule has 0 saturated heterocycles. The zero-order valence-corrected chi connectivity index (χ0v) is 7.72. The molecule has 0 aliphatic heterocycles. The lowest BCUT2D eigenvalue weighted by molar-refractivity contribution is -0.135. The molecule has 0 saturated carbocycles. The molecule has 0 aromatic rings. The highest BCUT2D eigenvalue weighted by molar-refractivity contribution is 4.46. The van der Waals surface area contributed by atoms with Crippen LogP contribution < -0.4 is 5.32 Å². The second-order valence-electron chi connectivity index (χ2n) is 2.31. The Morgan fingerprint density at radius 1 is 1.27 bits per heavy atom. The highest BCUT2D eigenvalue weighted by atomic mass is 16.7. The van der Waals surface area contributed by atoms with E-state index in [4.69, 9.17) is 9.47 Å². The van der Waals surface area contributed by atoms with Crippen molar-refractivity contribution in [2.75, 3.05) is 26.8 Å². The highest BCUT2D eigenvalue weighted by Gasteiger charge is 2.04. The fraction of sp³-hybridized carbons (Fsp3) is 1.00. The van der Waals surface area contributed by atoms with E-state index in [1.54, 1.807) is 0 Å². The second kappa shape index (κ2) is 7.98. The van der Waals surface area contributed by atoms with E-state index < -0.39 is 0 Å². The Bertz CT molecular complexity index is 72.5. The molecule has 3 nitrogen and oxygen atoms in total. The number of rotatable bonds is 7. The van der Waals surface area contributed by atoms with Gasteiger partial charge in [0.15, 0.2) is 6.29 Å². The lowest BCUT2D eigenvalue weighted by Gasteiger charge is -2.16. The first-order valence-electron chi connectivity index (χ1n) is 4.22. The van der Waals surface area contributed by atoms with E-state index in [0.29, 0.717) is 6.61 Å². The Kier molecular flexibility index (Phi) is 7.89. The van der Waals surface area contributed by atoms with Gasteiger partial charge in [0, 0.05) is 19.8 Å². The highest BCUT2D eigenvalue weighted by Crippen LogP contribution is 1.94. The lowest BCUT2D eigenvalue weighted by Crippen LogP contribution is -2.29. The van der Waals surface area contributed by atoms with Gasteiger partial charge in [-0.25, -0.2) is 0 Å². The summed E-state index contributed by atoms with van der Waals surface area (Å²) in [5.41, 5.74) is 0. The fourth-order valence-electron chi connectivity index (χ4n) is 0.768. The number of likely N-dealkylation sites (N-methyl/N-ethyl adjacent to an activating group) is 1. The molecule has 1 unspecified atom stereocenters. The van der Waals surface area contributed by atoms with Gasteiger partial charge in [-0.2, -0.15) is 0 Å². The Morgan fingerprint density at radius 3 is 2.45 bits per heavy atom. The molecule has 1 atom stereocenters. The van der Waals surface area contributed by atoms with E-state index in [2.05, 4.69) is 12.2 Å². The largest absolute Gasteiger partial charge is 0.352 e. The van der Waals surface area contributed by atoms with Crippen LogP contribution in [0.2, 0.25) is 0 Å². The molecule has 0 radical (unpaired) electrons. The average molecular weight is 161 g/mol. The maximum absolute atomic E-state index is 5.39. The predicted molar refractivity (Wildman–Crippen MR) is 45.6 cm³/mol. The van der Waals surface area contributed by atoms with Crippen LogP contribution in [0.25, 0.3) is 0 Å². The van der Waals surface area contributed by atoms with Gasteiger partial charge in [-0.3, -0.25) is 0 Å². The normalized spacial score (nSPS) is 13.4. The van der Waals surface area contributed by atoms with Crippen LogP contribution in [-0.2, 0) is 9.47 Å². The van der Waals surface area contributed by atoms with Crippen molar-refractivity contribution in [3.63, 3.8) is 0 Å². The van der Waals surface area contributed by atoms with Crippen molar-refractivity contribution in [3.05, 3.63) is 0 Å². The van der Waals surface area contributed by atoms with Crippen molar-refractivity contribution >= 4 is 0 Å². The summed E-state index contributed by atoms with van der Waals surface area (Å²) in [5.74, 6) is 0. The monoisotopic (exact) mass is 161 g/mol. The van der Waals surface area contributed by atoms with Gasteiger partial charge in [-0.1, -0.05) is 6.92 Å². The Morgan fingerprint density at radius 2 is 2.00 bits per heavy atom. The molecule has 0 fully saturated rings. The third-order valence-corrected chi connectivity index (χ3v) is 1.23. The summed E-state index contributed by atoms with van der Waals surface area (Å²) in [6.07, 6.45) is 0.956. The summed E-state index contributed by atoms with van der Waals surface area (Å²) in [6.45, 7) is 6.29. The molecule has 0 heterocycles. The van der Waals surface area contributed by atoms with Crippen molar-refractivity contribution in [1.82, 2.24) is 5.32 Å². The second-order valence-corrected chi connectivity index (χ2v) is 2.31. The molecule has 0 spiro atoms. The quantitative estimate of drug-likeness (QED) is 0.565. The summed E-state index contributed by atoms with van der Waals surface area (Å²) in [7, 11) is 1.89. The van der Waals surface area contributed by atoms with Gasteiger partial charge in [0.05, 0.1) is 0 Å². The van der Waals surface area contributed by atoms with Crippen molar-refractivity contribution in [3.8, 4) is 0 Å². The van der Waals surface area contributed by atoms with Crippen molar-refractivity contribution in [2.24, 2.45) is 0 Å². The van der Waals surface area contributed by atoms with Crippen molar-refractivity contribution in [2.45, 2.75) is 26.6 Å². The molecule has 0 amide bonds. The van der Waals surface area contributed by atoms with E-state index in [0.717, 1.165) is 19.6 Å². The minimum absolute atomic E-state index is 0.0788. The molecule has 0 aromatic carbocycles. The lowest BCUT2D eigenvalue weighted by atomic mass is 10.5. The summed E-state index contributed by atoms with van der Waals surface area (Å²) in [5, 5.41) is 3.01. The molecule has 0 aromatic heterocycles. The Hall–Kier alpha value is -0.120. The van der Waals surface area contributed by atoms with Gasteiger partial charge in [-0.15, -0.1) is 0 Å². The summed E-state index contributed by atoms with van der Waals surface area (Å²) >= 11 is 0. The average Bonchev–Trinajstić information content (AvgIpc) is 2.01. The van der Waals surface area contributed by atoms with Gasteiger partial charge in [0.25, 0.3) is 0 Å². The predicted octanol–water partition coefficient (Wildman–Crippen LogP) is 0.995. The first-order valence-corrected chi connectivity index (χ1v) is 4.22. The van der Waals surface area contributed by atoms with E-state index >= 15 is 0 Å². The van der Waals surface area contributed by atoms with Crippen LogP contribution in [0.3, 0.4) is 0 Å². The van der Waals surface area contributed by atoms with Gasteiger partial charge >= 0.3 is 0 Å². The van der Waals surface area contributed by atoms with Crippen LogP contribution in [0.1, 0.15) is 20.3 Å². The van der Waals surface area contributed by atoms with E-state index in [9.17, 15) is 0 Å². The first kappa shape index (κ1) is 10.9. The van der Waals surface area contributed by atoms with Crippen LogP contribution in [0, 0.1) is 0 Å². The molecular formula is C8H19NO2. The van der Waals surface area contributed by atoms with Crippen molar-refractivity contribution < 1.29 is 9.47 Å². The third kappa shape index (κ3) is 6.28. The summed E-state index contributed by atoms with van der Waals surface area (Å²) < 4.78 is 10.7. The number of nitrogens with one attached hydrogen (secondary N) is 1. The van der Waals surface area contributed by atoms with Crippen LogP contribution in [-0.4, -0.2) is 33.1 Å². The first-order chi connectivity index (χ1) is 5.35. The Balaban J connectivity index is 3.34. The minimum atomic E-state index is -0.0788. The number of hydrogen-bond donors (Lipinski definition) is 1. The molecule has 0 aliphatic carbocycles. The summed E-state index contributed by atoms with van der Waals surface area (Å²) in [4.78, 5) is 0. The van der Waals surface area contributed by atoms with Crippen molar-refractivity contribution in [1.29, 1.82) is 0 Å². The summed E-state index contributed by atoms with van der Waals surface area (Å²) in [6, 6.07) is 0. The van der Waals surface area contributed by atoms with E-state index in [1.807, 2.05) is 14.0 Å². The molecule has 1 N–H and O–H groups in total. The number of hydrogen-bond acceptors (Lipinski definition) is 3. The molecule has 0 bridgehead atoms. The minimum Gasteiger partial charge on any atom is -0.352 e. The van der Waals surface area contributed by atoms with Crippen LogP contribution in [0.5, 0.6) is 0 Å². The molecule has 11 heavy (non-hydrogen) atoms. The molecule has 68 valence electrons. The van der Waals surface area contributed by atoms with Gasteiger partial charge < -0.3 is 14.8 Å². The van der Waals surface area contributed by atoms with Crippen LogP contribution >= 0.6 is 0 Å². The maximum Gasteiger partial charge on any atom is 0.169 e. The fourth-order valence-corrected chi connectivity index (χ4v) is 0.768. The Labute approximate surface area is 69.1 Å². The zero-order valence-electron chi connectivity index (χ0n) is 7.72. The molecule has 0 rings (SSSR count). The van der Waals surface area contributed by atoms with Gasteiger partial charge in [0.1, 0.15) is 0 Å². The molecule has 0 aliphatic rings. The maximum atomic E-state index is 5.39. The molecule has 3 heteroatoms. The van der Waals surface area contributed by atoms with Crippen LogP contribution in [0.15, 0.2) is 0 Å². The number of ether oxygens (including phenoxy) is 2. The van der Waals surface area contributed by atoms with Crippen LogP contribution in [0.4, 0.5) is 0 Å². The topological polar surface area (TPSA) is 30.5 Å². The standard InChI is InChI=1S/C8H19NO2/c1-4-6-11-8(7-9-3)10-5-2/h8-9H,4-7H2,1-3H3. The van der Waals surface area contributed by atoms with E-state index in [-0.39, 0.29) is 6.29 Å². The SMILES string of the molecule is CCCOC(CNC)OCC.